The van der Waals surface area contributed by atoms with E-state index in [4.69, 9.17) is 26.1 Å². The van der Waals surface area contributed by atoms with Crippen LogP contribution in [0.5, 0.6) is 5.75 Å². The molecule has 0 N–H and O–H groups in total. The van der Waals surface area contributed by atoms with Gasteiger partial charge in [-0.05, 0) is 48.0 Å². The van der Waals surface area contributed by atoms with E-state index in [2.05, 4.69) is 16.4 Å². The summed E-state index contributed by atoms with van der Waals surface area (Å²) in [5, 5.41) is 10.2. The number of ether oxygens (including phenoxy) is 2. The van der Waals surface area contributed by atoms with E-state index >= 15 is 0 Å². The summed E-state index contributed by atoms with van der Waals surface area (Å²) >= 11 is 6.42. The van der Waals surface area contributed by atoms with Gasteiger partial charge in [0.1, 0.15) is 11.4 Å². The number of fused-ring (bicyclic) bond motifs is 1. The molecule has 0 saturated heterocycles. The number of methoxy groups -OCH3 is 1. The Morgan fingerprint density at radius 1 is 0.909 bits per heavy atom. The van der Waals surface area contributed by atoms with Crippen LogP contribution in [-0.2, 0) is 18.0 Å². The highest BCUT2D eigenvalue weighted by Gasteiger charge is 2.11. The topological polar surface area (TPSA) is 62.1 Å². The van der Waals surface area contributed by atoms with Crippen LogP contribution < -0.4 is 4.74 Å². The van der Waals surface area contributed by atoms with E-state index in [1.54, 1.807) is 11.8 Å². The number of nitrogens with zero attached hydrogens (tertiary/aromatic N) is 4. The van der Waals surface area contributed by atoms with E-state index in [9.17, 15) is 0 Å². The monoisotopic (exact) mass is 456 g/mol. The quantitative estimate of drug-likeness (QED) is 0.307. The van der Waals surface area contributed by atoms with Crippen molar-refractivity contribution in [1.29, 1.82) is 0 Å². The minimum absolute atomic E-state index is 0.341. The zero-order valence-corrected chi connectivity index (χ0v) is 18.7. The summed E-state index contributed by atoms with van der Waals surface area (Å²) in [5.41, 5.74) is 5.31. The van der Waals surface area contributed by atoms with E-state index in [0.717, 1.165) is 44.9 Å². The maximum Gasteiger partial charge on any atom is 0.119 e. The molecule has 164 valence electrons. The number of halogens is 1. The first kappa shape index (κ1) is 21.1. The van der Waals surface area contributed by atoms with Crippen LogP contribution in [0, 0.1) is 0 Å². The second-order valence-electron chi connectivity index (χ2n) is 7.51. The lowest BCUT2D eigenvalue weighted by Gasteiger charge is -2.11. The standard InChI is InChI=1S/C26H21ClN4O2/c1-32-21-12-10-20(11-13-21)31-15-19(29-30-31)17-33-16-18-14-26(23-7-2-4-8-24(23)27)28-25-9-5-3-6-22(18)25/h2-15H,16-17H2,1H3. The van der Waals surface area contributed by atoms with Crippen LogP contribution in [0.3, 0.4) is 0 Å². The molecule has 0 bridgehead atoms. The summed E-state index contributed by atoms with van der Waals surface area (Å²) in [6.45, 7) is 0.754. The van der Waals surface area contributed by atoms with E-state index in [1.807, 2.05) is 79.0 Å². The zero-order valence-electron chi connectivity index (χ0n) is 18.0. The van der Waals surface area contributed by atoms with Crippen molar-refractivity contribution >= 4 is 22.5 Å². The predicted molar refractivity (Wildman–Crippen MR) is 129 cm³/mol. The van der Waals surface area contributed by atoms with Crippen LogP contribution in [0.15, 0.2) is 85.1 Å². The second-order valence-corrected chi connectivity index (χ2v) is 7.92. The van der Waals surface area contributed by atoms with Crippen molar-refractivity contribution in [1.82, 2.24) is 20.0 Å². The van der Waals surface area contributed by atoms with Crippen molar-refractivity contribution in [3.8, 4) is 22.7 Å². The second kappa shape index (κ2) is 9.40. The number of hydrogen-bond donors (Lipinski definition) is 0. The van der Waals surface area contributed by atoms with E-state index < -0.39 is 0 Å². The first-order chi connectivity index (χ1) is 16.2. The molecule has 0 radical (unpaired) electrons. The fourth-order valence-electron chi connectivity index (χ4n) is 3.67. The molecule has 2 heterocycles. The van der Waals surface area contributed by atoms with Gasteiger partial charge in [-0.1, -0.05) is 53.2 Å². The van der Waals surface area contributed by atoms with Gasteiger partial charge >= 0.3 is 0 Å². The van der Waals surface area contributed by atoms with Gasteiger partial charge < -0.3 is 9.47 Å². The van der Waals surface area contributed by atoms with Gasteiger partial charge in [0, 0.05) is 16.0 Å². The number of pyridine rings is 1. The molecule has 2 aromatic heterocycles. The van der Waals surface area contributed by atoms with Crippen molar-refractivity contribution < 1.29 is 9.47 Å². The Hall–Kier alpha value is -3.74. The van der Waals surface area contributed by atoms with Crippen molar-refractivity contribution in [2.75, 3.05) is 7.11 Å². The highest BCUT2D eigenvalue weighted by molar-refractivity contribution is 6.33. The number of aromatic nitrogens is 4. The van der Waals surface area contributed by atoms with E-state index in [-0.39, 0.29) is 0 Å². The minimum atomic E-state index is 0.341. The number of para-hydroxylation sites is 1. The average Bonchev–Trinajstić information content (AvgIpc) is 3.33. The Morgan fingerprint density at radius 3 is 2.52 bits per heavy atom. The molecule has 0 spiro atoms. The smallest absolute Gasteiger partial charge is 0.119 e. The molecule has 0 unspecified atom stereocenters. The molecule has 33 heavy (non-hydrogen) atoms. The van der Waals surface area contributed by atoms with Gasteiger partial charge in [-0.15, -0.1) is 5.10 Å². The summed E-state index contributed by atoms with van der Waals surface area (Å²) < 4.78 is 12.9. The number of rotatable bonds is 7. The van der Waals surface area contributed by atoms with Gasteiger partial charge in [-0.2, -0.15) is 0 Å². The molecule has 6 nitrogen and oxygen atoms in total. The predicted octanol–water partition coefficient (Wildman–Crippen LogP) is 5.86. The molecule has 7 heteroatoms. The first-order valence-electron chi connectivity index (χ1n) is 10.5. The number of benzene rings is 3. The van der Waals surface area contributed by atoms with Crippen molar-refractivity contribution in [2.24, 2.45) is 0 Å². The maximum atomic E-state index is 6.42. The highest BCUT2D eigenvalue weighted by Crippen LogP contribution is 2.30. The Morgan fingerprint density at radius 2 is 1.70 bits per heavy atom. The van der Waals surface area contributed by atoms with Crippen LogP contribution >= 0.6 is 11.6 Å². The average molecular weight is 457 g/mol. The van der Waals surface area contributed by atoms with Crippen LogP contribution in [-0.4, -0.2) is 27.1 Å². The molecule has 0 aliphatic heterocycles. The molecule has 3 aromatic carbocycles. The maximum absolute atomic E-state index is 6.42. The summed E-state index contributed by atoms with van der Waals surface area (Å²) in [4.78, 5) is 4.81. The van der Waals surface area contributed by atoms with Crippen molar-refractivity contribution in [2.45, 2.75) is 13.2 Å². The minimum Gasteiger partial charge on any atom is -0.497 e. The van der Waals surface area contributed by atoms with Crippen molar-refractivity contribution in [3.63, 3.8) is 0 Å². The fourth-order valence-corrected chi connectivity index (χ4v) is 3.90. The Balaban J connectivity index is 1.34. The molecule has 5 rings (SSSR count). The van der Waals surface area contributed by atoms with Crippen LogP contribution in [0.1, 0.15) is 11.3 Å². The largest absolute Gasteiger partial charge is 0.497 e. The molecule has 0 fully saturated rings. The Kier molecular flexibility index (Phi) is 6.02. The van der Waals surface area contributed by atoms with Gasteiger partial charge in [0.25, 0.3) is 0 Å². The SMILES string of the molecule is COc1ccc(-n2cc(COCc3cc(-c4ccccc4Cl)nc4ccccc34)nn2)cc1. The molecule has 0 atom stereocenters. The van der Waals surface area contributed by atoms with Gasteiger partial charge in [-0.25, -0.2) is 9.67 Å². The molecular weight excluding hydrogens is 436 g/mol. The van der Waals surface area contributed by atoms with Crippen LogP contribution in [0.2, 0.25) is 5.02 Å². The van der Waals surface area contributed by atoms with Gasteiger partial charge in [0.05, 0.1) is 43.4 Å². The van der Waals surface area contributed by atoms with E-state index in [1.165, 1.54) is 0 Å². The summed E-state index contributed by atoms with van der Waals surface area (Å²) in [5.74, 6) is 0.795. The summed E-state index contributed by atoms with van der Waals surface area (Å²) in [6, 6.07) is 25.4. The third-order valence-electron chi connectivity index (χ3n) is 5.34. The molecule has 0 aliphatic rings. The van der Waals surface area contributed by atoms with Gasteiger partial charge in [0.2, 0.25) is 0 Å². The lowest BCUT2D eigenvalue weighted by molar-refractivity contribution is 0.105. The molecule has 0 aliphatic carbocycles. The molecule has 0 amide bonds. The molecular formula is C26H21ClN4O2. The lowest BCUT2D eigenvalue weighted by atomic mass is 10.0. The van der Waals surface area contributed by atoms with Crippen LogP contribution in [0.4, 0.5) is 0 Å². The van der Waals surface area contributed by atoms with Gasteiger partial charge in [0.15, 0.2) is 0 Å². The fraction of sp³-hybridized carbons (Fsp3) is 0.115. The van der Waals surface area contributed by atoms with Crippen LogP contribution in [0.25, 0.3) is 27.8 Å². The first-order valence-corrected chi connectivity index (χ1v) is 10.9. The van der Waals surface area contributed by atoms with Gasteiger partial charge in [-0.3, -0.25) is 0 Å². The summed E-state index contributed by atoms with van der Waals surface area (Å²) in [6.07, 6.45) is 1.86. The van der Waals surface area contributed by atoms with Crippen molar-refractivity contribution in [3.05, 3.63) is 101 Å². The number of hydrogen-bond acceptors (Lipinski definition) is 5. The third kappa shape index (κ3) is 4.58. The normalized spacial score (nSPS) is 11.1. The Labute approximate surface area is 196 Å². The molecule has 5 aromatic rings. The zero-order chi connectivity index (χ0) is 22.6. The third-order valence-corrected chi connectivity index (χ3v) is 5.67. The lowest BCUT2D eigenvalue weighted by Crippen LogP contribution is -1.98. The highest BCUT2D eigenvalue weighted by atomic mass is 35.5. The molecule has 0 saturated carbocycles. The Bertz CT molecular complexity index is 1400. The summed E-state index contributed by atoms with van der Waals surface area (Å²) in [7, 11) is 1.64. The van der Waals surface area contributed by atoms with E-state index in [0.29, 0.717) is 18.2 Å².